The minimum Gasteiger partial charge on any atom is -0.493 e. The molecule has 0 radical (unpaired) electrons. The van der Waals surface area contributed by atoms with Crippen molar-refractivity contribution >= 4 is 36.2 Å². The van der Waals surface area contributed by atoms with Crippen molar-refractivity contribution in [3.8, 4) is 5.75 Å². The van der Waals surface area contributed by atoms with Crippen LogP contribution in [0.1, 0.15) is 34.8 Å². The average Bonchev–Trinajstić information content (AvgIpc) is 2.81. The number of halogens is 4. The monoisotopic (exact) mass is 440 g/mol. The maximum Gasteiger partial charge on any atom is 0.162 e. The van der Waals surface area contributed by atoms with Gasteiger partial charge in [0.1, 0.15) is 16.4 Å². The molecular weight excluding hydrogens is 417 g/mol. The molecule has 1 aliphatic heterocycles. The third-order valence-electron chi connectivity index (χ3n) is 4.44. The summed E-state index contributed by atoms with van der Waals surface area (Å²) < 4.78 is 31.6. The molecule has 0 amide bonds. The van der Waals surface area contributed by atoms with Gasteiger partial charge in [0, 0.05) is 17.4 Å². The molecule has 152 valence electrons. The Balaban J connectivity index is 0.00000182. The predicted molar refractivity (Wildman–Crippen MR) is 108 cm³/mol. The van der Waals surface area contributed by atoms with Crippen LogP contribution in [0.3, 0.4) is 0 Å². The second-order valence-electron chi connectivity index (χ2n) is 6.34. The molecular formula is C18H24Cl2F2N2O2S. The fourth-order valence-corrected chi connectivity index (χ4v) is 4.14. The molecule has 2 N–H and O–H groups in total. The van der Waals surface area contributed by atoms with E-state index in [0.29, 0.717) is 31.6 Å². The summed E-state index contributed by atoms with van der Waals surface area (Å²) in [6, 6.07) is 3.50. The number of rotatable bonds is 5. The molecule has 1 aromatic carbocycles. The van der Waals surface area contributed by atoms with E-state index in [-0.39, 0.29) is 24.8 Å². The summed E-state index contributed by atoms with van der Waals surface area (Å²) in [5.74, 6) is -1.51. The molecule has 4 nitrogen and oxygen atoms in total. The fourth-order valence-electron chi connectivity index (χ4n) is 2.95. The Hall–Kier alpha value is -0.990. The number of nitrogens with zero attached hydrogens (tertiary/aromatic N) is 1. The summed E-state index contributed by atoms with van der Waals surface area (Å²) in [7, 11) is 0. The van der Waals surface area contributed by atoms with E-state index in [1.807, 2.05) is 6.92 Å². The van der Waals surface area contributed by atoms with Crippen LogP contribution in [-0.4, -0.2) is 29.8 Å². The number of aromatic nitrogens is 1. The second kappa shape index (κ2) is 10.5. The molecule has 0 aliphatic carbocycles. The van der Waals surface area contributed by atoms with Gasteiger partial charge < -0.3 is 15.2 Å². The van der Waals surface area contributed by atoms with Gasteiger partial charge in [0.15, 0.2) is 11.6 Å². The Labute approximate surface area is 174 Å². The van der Waals surface area contributed by atoms with Gasteiger partial charge in [0.2, 0.25) is 0 Å². The molecule has 0 spiro atoms. The first-order valence-electron chi connectivity index (χ1n) is 8.46. The van der Waals surface area contributed by atoms with Gasteiger partial charge in [-0.3, -0.25) is 0 Å². The zero-order valence-corrected chi connectivity index (χ0v) is 17.4. The van der Waals surface area contributed by atoms with Gasteiger partial charge in [-0.1, -0.05) is 0 Å². The molecule has 0 bridgehead atoms. The van der Waals surface area contributed by atoms with Crippen LogP contribution in [0, 0.1) is 18.6 Å². The van der Waals surface area contributed by atoms with E-state index in [9.17, 15) is 13.9 Å². The number of hydrogen-bond acceptors (Lipinski definition) is 5. The van der Waals surface area contributed by atoms with Crippen molar-refractivity contribution in [1.82, 2.24) is 10.3 Å². The third-order valence-corrected chi connectivity index (χ3v) is 5.85. The standard InChI is InChI=1S/C18H22F2N2O2S.2ClH/c1-12-16(5-10-24-13-3-4-14(19)15(20)11-13)25-17(22-12)18(23)6-2-8-21-9-7-18;;/h3-4,11,21,23H,2,5-10H2,1H3;2*1H. The van der Waals surface area contributed by atoms with Crippen LogP contribution in [0.4, 0.5) is 8.78 Å². The maximum absolute atomic E-state index is 13.2. The highest BCUT2D eigenvalue weighted by atomic mass is 35.5. The Bertz CT molecular complexity index is 738. The molecule has 9 heteroatoms. The topological polar surface area (TPSA) is 54.4 Å². The van der Waals surface area contributed by atoms with Crippen molar-refractivity contribution in [1.29, 1.82) is 0 Å². The lowest BCUT2D eigenvalue weighted by Crippen LogP contribution is -2.27. The van der Waals surface area contributed by atoms with Crippen LogP contribution in [-0.2, 0) is 12.0 Å². The smallest absolute Gasteiger partial charge is 0.162 e. The number of aryl methyl sites for hydroxylation is 1. The quantitative estimate of drug-likeness (QED) is 0.732. The van der Waals surface area contributed by atoms with E-state index in [1.54, 1.807) is 0 Å². The summed E-state index contributed by atoms with van der Waals surface area (Å²) >= 11 is 1.51. The van der Waals surface area contributed by atoms with E-state index in [2.05, 4.69) is 10.3 Å². The Morgan fingerprint density at radius 1 is 1.22 bits per heavy atom. The zero-order valence-electron chi connectivity index (χ0n) is 15.0. The lowest BCUT2D eigenvalue weighted by Gasteiger charge is -2.23. The van der Waals surface area contributed by atoms with Crippen molar-refractivity contribution in [2.24, 2.45) is 0 Å². The van der Waals surface area contributed by atoms with Gasteiger partial charge in [-0.2, -0.15) is 0 Å². The molecule has 2 aromatic rings. The minimum atomic E-state index is -0.919. The van der Waals surface area contributed by atoms with Crippen LogP contribution in [0.5, 0.6) is 5.75 Å². The van der Waals surface area contributed by atoms with Gasteiger partial charge in [-0.05, 0) is 51.4 Å². The van der Waals surface area contributed by atoms with Gasteiger partial charge >= 0.3 is 0 Å². The van der Waals surface area contributed by atoms with Crippen molar-refractivity contribution in [3.63, 3.8) is 0 Å². The highest BCUT2D eigenvalue weighted by molar-refractivity contribution is 7.11. The van der Waals surface area contributed by atoms with Crippen LogP contribution < -0.4 is 10.1 Å². The van der Waals surface area contributed by atoms with E-state index in [0.717, 1.165) is 47.2 Å². The number of benzene rings is 1. The number of aliphatic hydroxyl groups is 1. The van der Waals surface area contributed by atoms with Crippen molar-refractivity contribution < 1.29 is 18.6 Å². The summed E-state index contributed by atoms with van der Waals surface area (Å²) in [6.45, 7) is 3.96. The molecule has 1 atom stereocenters. The van der Waals surface area contributed by atoms with Gasteiger partial charge in [-0.25, -0.2) is 13.8 Å². The first-order chi connectivity index (χ1) is 12.0. The highest BCUT2D eigenvalue weighted by Crippen LogP contribution is 2.35. The van der Waals surface area contributed by atoms with E-state index < -0.39 is 17.2 Å². The first-order valence-corrected chi connectivity index (χ1v) is 9.27. The number of ether oxygens (including phenoxy) is 1. The molecule has 1 fully saturated rings. The van der Waals surface area contributed by atoms with Gasteiger partial charge in [0.05, 0.1) is 12.3 Å². The highest BCUT2D eigenvalue weighted by Gasteiger charge is 2.33. The first kappa shape index (κ1) is 24.0. The van der Waals surface area contributed by atoms with Crippen LogP contribution in [0.2, 0.25) is 0 Å². The predicted octanol–water partition coefficient (Wildman–Crippen LogP) is 4.16. The van der Waals surface area contributed by atoms with E-state index in [4.69, 9.17) is 4.74 Å². The normalized spacial score (nSPS) is 19.6. The Kier molecular flexibility index (Phi) is 9.38. The van der Waals surface area contributed by atoms with E-state index in [1.165, 1.54) is 17.4 Å². The molecule has 3 rings (SSSR count). The summed E-state index contributed by atoms with van der Waals surface area (Å²) in [5.41, 5.74) is 0.0255. The van der Waals surface area contributed by atoms with Crippen molar-refractivity contribution in [2.75, 3.05) is 19.7 Å². The number of thiazole rings is 1. The molecule has 0 saturated carbocycles. The molecule has 1 saturated heterocycles. The largest absolute Gasteiger partial charge is 0.493 e. The maximum atomic E-state index is 13.2. The lowest BCUT2D eigenvalue weighted by atomic mass is 9.96. The zero-order chi connectivity index (χ0) is 17.9. The molecule has 1 unspecified atom stereocenters. The molecule has 27 heavy (non-hydrogen) atoms. The average molecular weight is 441 g/mol. The summed E-state index contributed by atoms with van der Waals surface area (Å²) in [4.78, 5) is 5.62. The van der Waals surface area contributed by atoms with Gasteiger partial charge in [-0.15, -0.1) is 36.2 Å². The second-order valence-corrected chi connectivity index (χ2v) is 7.42. The van der Waals surface area contributed by atoms with Crippen LogP contribution in [0.15, 0.2) is 18.2 Å². The minimum absolute atomic E-state index is 0. The summed E-state index contributed by atoms with van der Waals surface area (Å²) in [6.07, 6.45) is 2.89. The van der Waals surface area contributed by atoms with Crippen molar-refractivity contribution in [3.05, 3.63) is 45.4 Å². The van der Waals surface area contributed by atoms with E-state index >= 15 is 0 Å². The lowest BCUT2D eigenvalue weighted by molar-refractivity contribution is 0.0237. The number of hydrogen-bond donors (Lipinski definition) is 2. The SMILES string of the molecule is Cc1nc(C2(O)CCCNCC2)sc1CCOc1ccc(F)c(F)c1.Cl.Cl. The number of nitrogens with one attached hydrogen (secondary N) is 1. The fraction of sp³-hybridized carbons (Fsp3) is 0.500. The molecule has 1 aliphatic rings. The molecule has 1 aromatic heterocycles. The van der Waals surface area contributed by atoms with Crippen molar-refractivity contribution in [2.45, 2.75) is 38.2 Å². The Morgan fingerprint density at radius 2 is 2.00 bits per heavy atom. The van der Waals surface area contributed by atoms with Gasteiger partial charge in [0.25, 0.3) is 0 Å². The Morgan fingerprint density at radius 3 is 2.74 bits per heavy atom. The van der Waals surface area contributed by atoms with Crippen LogP contribution >= 0.6 is 36.2 Å². The third kappa shape index (κ3) is 5.99. The molecule has 2 heterocycles. The van der Waals surface area contributed by atoms with Crippen LogP contribution in [0.25, 0.3) is 0 Å². The summed E-state index contributed by atoms with van der Waals surface area (Å²) in [5, 5.41) is 15.0.